The van der Waals surface area contributed by atoms with Gasteiger partial charge >= 0.3 is 0 Å². The highest BCUT2D eigenvalue weighted by Gasteiger charge is 2.26. The largest absolute Gasteiger partial charge is 0.396 e. The van der Waals surface area contributed by atoms with E-state index >= 15 is 0 Å². The fourth-order valence-electron chi connectivity index (χ4n) is 2.50. The molecule has 17 heavy (non-hydrogen) atoms. The lowest BCUT2D eigenvalue weighted by atomic mass is 10.1. The molecule has 0 spiro atoms. The Hall–Kier alpha value is -1.16. The smallest absolute Gasteiger partial charge is 0.129 e. The third-order valence-electron chi connectivity index (χ3n) is 3.46. The van der Waals surface area contributed by atoms with Crippen LogP contribution in [0.15, 0.2) is 12.4 Å². The number of anilines is 1. The zero-order chi connectivity index (χ0) is 12.1. The normalized spacial score (nSPS) is 23.9. The Kier molecular flexibility index (Phi) is 4.31. The van der Waals surface area contributed by atoms with Crippen LogP contribution in [0.25, 0.3) is 0 Å². The number of nitrogens with one attached hydrogen (secondary N) is 1. The highest BCUT2D eigenvalue weighted by molar-refractivity contribution is 5.36. The number of rotatable bonds is 5. The van der Waals surface area contributed by atoms with Crippen molar-refractivity contribution < 1.29 is 5.11 Å². The number of aliphatic hydroxyl groups excluding tert-OH is 1. The summed E-state index contributed by atoms with van der Waals surface area (Å²) in [5.74, 6) is 1.27. The van der Waals surface area contributed by atoms with Gasteiger partial charge in [0.25, 0.3) is 0 Å². The highest BCUT2D eigenvalue weighted by Crippen LogP contribution is 2.27. The quantitative estimate of drug-likeness (QED) is 0.819. The number of aromatic nitrogens is 2. The van der Waals surface area contributed by atoms with Gasteiger partial charge in [-0.15, -0.1) is 0 Å². The van der Waals surface area contributed by atoms with Gasteiger partial charge in [0.05, 0.1) is 0 Å². The summed E-state index contributed by atoms with van der Waals surface area (Å²) in [5, 5.41) is 12.7. The SMILES string of the molecule is CCCc1cc(NC2CCCC2CO)ncn1. The van der Waals surface area contributed by atoms with E-state index in [2.05, 4.69) is 22.2 Å². The molecule has 0 saturated heterocycles. The molecule has 1 aromatic rings. The van der Waals surface area contributed by atoms with Crippen LogP contribution in [0.2, 0.25) is 0 Å². The van der Waals surface area contributed by atoms with Gasteiger partial charge in [0.15, 0.2) is 0 Å². The third kappa shape index (κ3) is 3.16. The van der Waals surface area contributed by atoms with Crippen molar-refractivity contribution in [1.29, 1.82) is 0 Å². The van der Waals surface area contributed by atoms with Crippen molar-refractivity contribution in [2.24, 2.45) is 5.92 Å². The maximum Gasteiger partial charge on any atom is 0.129 e. The Balaban J connectivity index is 2.00. The third-order valence-corrected chi connectivity index (χ3v) is 3.46. The van der Waals surface area contributed by atoms with Gasteiger partial charge in [-0.05, 0) is 19.3 Å². The molecule has 2 atom stereocenters. The molecule has 0 bridgehead atoms. The summed E-state index contributed by atoms with van der Waals surface area (Å²) in [6.07, 6.45) is 7.13. The Morgan fingerprint density at radius 3 is 3.06 bits per heavy atom. The zero-order valence-corrected chi connectivity index (χ0v) is 10.4. The summed E-state index contributed by atoms with van der Waals surface area (Å²) in [4.78, 5) is 8.49. The second-order valence-corrected chi connectivity index (χ2v) is 4.77. The lowest BCUT2D eigenvalue weighted by molar-refractivity contribution is 0.222. The summed E-state index contributed by atoms with van der Waals surface area (Å²) in [6, 6.07) is 2.39. The number of aliphatic hydroxyl groups is 1. The summed E-state index contributed by atoms with van der Waals surface area (Å²) < 4.78 is 0. The van der Waals surface area contributed by atoms with Gasteiger partial charge in [0, 0.05) is 30.3 Å². The molecule has 0 radical (unpaired) electrons. The molecule has 1 saturated carbocycles. The van der Waals surface area contributed by atoms with Crippen molar-refractivity contribution in [2.75, 3.05) is 11.9 Å². The van der Waals surface area contributed by atoms with Crippen LogP contribution in [0.4, 0.5) is 5.82 Å². The van der Waals surface area contributed by atoms with E-state index in [1.807, 2.05) is 6.07 Å². The topological polar surface area (TPSA) is 58.0 Å². The minimum Gasteiger partial charge on any atom is -0.396 e. The zero-order valence-electron chi connectivity index (χ0n) is 10.4. The monoisotopic (exact) mass is 235 g/mol. The summed E-state index contributed by atoms with van der Waals surface area (Å²) >= 11 is 0. The summed E-state index contributed by atoms with van der Waals surface area (Å²) in [6.45, 7) is 2.42. The lowest BCUT2D eigenvalue weighted by Gasteiger charge is -2.19. The standard InChI is InChI=1S/C13H21N3O/c1-2-4-11-7-13(15-9-14-11)16-12-6-3-5-10(12)8-17/h7,9-10,12,17H,2-6,8H2,1H3,(H,14,15,16). The predicted octanol–water partition coefficient (Wildman–Crippen LogP) is 2.00. The van der Waals surface area contributed by atoms with Crippen molar-refractivity contribution in [3.05, 3.63) is 18.1 Å². The van der Waals surface area contributed by atoms with Crippen LogP contribution in [0, 0.1) is 5.92 Å². The maximum absolute atomic E-state index is 9.28. The molecular weight excluding hydrogens is 214 g/mol. The van der Waals surface area contributed by atoms with E-state index in [0.717, 1.165) is 37.2 Å². The second kappa shape index (κ2) is 5.96. The Labute approximate surface area is 102 Å². The van der Waals surface area contributed by atoms with E-state index in [1.165, 1.54) is 6.42 Å². The average Bonchev–Trinajstić information content (AvgIpc) is 2.77. The molecule has 4 nitrogen and oxygen atoms in total. The maximum atomic E-state index is 9.28. The molecule has 1 aromatic heterocycles. The first-order valence-corrected chi connectivity index (χ1v) is 6.51. The molecule has 1 aliphatic carbocycles. The minimum atomic E-state index is 0.268. The van der Waals surface area contributed by atoms with Crippen molar-refractivity contribution in [1.82, 2.24) is 9.97 Å². The van der Waals surface area contributed by atoms with Crippen LogP contribution in [-0.4, -0.2) is 27.7 Å². The average molecular weight is 235 g/mol. The molecule has 1 fully saturated rings. The number of hydrogen-bond acceptors (Lipinski definition) is 4. The van der Waals surface area contributed by atoms with Crippen LogP contribution in [0.5, 0.6) is 0 Å². The molecule has 1 aliphatic rings. The fourth-order valence-corrected chi connectivity index (χ4v) is 2.50. The van der Waals surface area contributed by atoms with Gasteiger partial charge in [-0.1, -0.05) is 19.8 Å². The predicted molar refractivity (Wildman–Crippen MR) is 67.9 cm³/mol. The first-order chi connectivity index (χ1) is 8.33. The van der Waals surface area contributed by atoms with E-state index in [4.69, 9.17) is 0 Å². The molecule has 2 unspecified atom stereocenters. The first kappa shape index (κ1) is 12.3. The first-order valence-electron chi connectivity index (χ1n) is 6.51. The lowest BCUT2D eigenvalue weighted by Crippen LogP contribution is -2.26. The van der Waals surface area contributed by atoms with Crippen LogP contribution in [0.3, 0.4) is 0 Å². The molecule has 2 N–H and O–H groups in total. The van der Waals surface area contributed by atoms with Crippen molar-refractivity contribution in [3.63, 3.8) is 0 Å². The van der Waals surface area contributed by atoms with Crippen molar-refractivity contribution >= 4 is 5.82 Å². The minimum absolute atomic E-state index is 0.268. The second-order valence-electron chi connectivity index (χ2n) is 4.77. The molecule has 4 heteroatoms. The van der Waals surface area contributed by atoms with E-state index in [-0.39, 0.29) is 6.61 Å². The van der Waals surface area contributed by atoms with Gasteiger partial charge in [-0.25, -0.2) is 9.97 Å². The fraction of sp³-hybridized carbons (Fsp3) is 0.692. The van der Waals surface area contributed by atoms with Crippen LogP contribution in [0.1, 0.15) is 38.3 Å². The number of hydrogen-bond donors (Lipinski definition) is 2. The van der Waals surface area contributed by atoms with Gasteiger partial charge in [0.2, 0.25) is 0 Å². The van der Waals surface area contributed by atoms with E-state index in [1.54, 1.807) is 6.33 Å². The Morgan fingerprint density at radius 2 is 2.29 bits per heavy atom. The van der Waals surface area contributed by atoms with Crippen molar-refractivity contribution in [2.45, 2.75) is 45.1 Å². The van der Waals surface area contributed by atoms with E-state index < -0.39 is 0 Å². The van der Waals surface area contributed by atoms with Gasteiger partial charge in [0.1, 0.15) is 12.1 Å². The van der Waals surface area contributed by atoms with Crippen LogP contribution >= 0.6 is 0 Å². The van der Waals surface area contributed by atoms with Crippen LogP contribution < -0.4 is 5.32 Å². The number of nitrogens with zero attached hydrogens (tertiary/aromatic N) is 2. The Morgan fingerprint density at radius 1 is 1.41 bits per heavy atom. The van der Waals surface area contributed by atoms with Crippen LogP contribution in [-0.2, 0) is 6.42 Å². The number of aryl methyl sites for hydroxylation is 1. The molecule has 0 aliphatic heterocycles. The summed E-state index contributed by atoms with van der Waals surface area (Å²) in [5.41, 5.74) is 1.09. The molecule has 94 valence electrons. The van der Waals surface area contributed by atoms with Gasteiger partial charge in [-0.3, -0.25) is 0 Å². The molecular formula is C13H21N3O. The van der Waals surface area contributed by atoms with E-state index in [9.17, 15) is 5.11 Å². The van der Waals surface area contributed by atoms with Crippen molar-refractivity contribution in [3.8, 4) is 0 Å². The Bertz CT molecular complexity index is 356. The molecule has 2 rings (SSSR count). The molecule has 0 aromatic carbocycles. The van der Waals surface area contributed by atoms with Gasteiger partial charge < -0.3 is 10.4 Å². The summed E-state index contributed by atoms with van der Waals surface area (Å²) in [7, 11) is 0. The van der Waals surface area contributed by atoms with E-state index in [0.29, 0.717) is 12.0 Å². The van der Waals surface area contributed by atoms with Gasteiger partial charge in [-0.2, -0.15) is 0 Å². The molecule has 1 heterocycles. The highest BCUT2D eigenvalue weighted by atomic mass is 16.3. The molecule has 0 amide bonds.